The van der Waals surface area contributed by atoms with Gasteiger partial charge < -0.3 is 14.6 Å². The summed E-state index contributed by atoms with van der Waals surface area (Å²) in [4.78, 5) is 58.9. The van der Waals surface area contributed by atoms with Gasteiger partial charge in [0.2, 0.25) is 11.8 Å². The number of benzene rings is 3. The number of hydrogen-bond acceptors (Lipinski definition) is 8. The number of fused-ring (bicyclic) bond motifs is 4. The fourth-order valence-corrected chi connectivity index (χ4v) is 8.77. The highest BCUT2D eigenvalue weighted by Crippen LogP contribution is 2.66. The first-order valence-corrected chi connectivity index (χ1v) is 16.6. The van der Waals surface area contributed by atoms with Crippen LogP contribution >= 0.6 is 11.6 Å². The zero-order chi connectivity index (χ0) is 34.8. The van der Waals surface area contributed by atoms with Gasteiger partial charge in [-0.25, -0.2) is 4.39 Å². The molecule has 0 aromatic heterocycles. The van der Waals surface area contributed by atoms with Crippen molar-refractivity contribution in [2.45, 2.75) is 37.5 Å². The van der Waals surface area contributed by atoms with E-state index in [-0.39, 0.29) is 48.3 Å². The van der Waals surface area contributed by atoms with Gasteiger partial charge in [0.25, 0.3) is 11.8 Å². The Morgan fingerprint density at radius 3 is 2.33 bits per heavy atom. The molecule has 2 aliphatic heterocycles. The van der Waals surface area contributed by atoms with Crippen molar-refractivity contribution in [1.29, 1.82) is 0 Å². The number of carbonyl (C=O) groups excluding carboxylic acids is 4. The number of ether oxygens (including phenoxy) is 2. The quantitative estimate of drug-likeness (QED) is 0.232. The standard InChI is InChI=1S/C37H35ClFN3O7/c1-4-15-41-33(44)25-14-13-24-26(30(25)35(41)46)18-27-34(45)42(40-22-11-9-21(39)10-12-22)36(47)37(27,19-5-7-20(38)8-6-19)32(24)31-28(43)16-23(48-2)17-29(31)49-3/h5-13,16-17,25-27,30,32,40,43H,4,14-15,18H2,1-3H3/t25-,26+,27-,30-,32+,37+/m0/s1. The Balaban J connectivity index is 1.50. The van der Waals surface area contributed by atoms with Crippen LogP contribution in [0.1, 0.15) is 43.2 Å². The Morgan fingerprint density at radius 2 is 1.67 bits per heavy atom. The predicted molar refractivity (Wildman–Crippen MR) is 177 cm³/mol. The van der Waals surface area contributed by atoms with E-state index >= 15 is 4.79 Å². The number of nitrogens with zero attached hydrogens (tertiary/aromatic N) is 2. The summed E-state index contributed by atoms with van der Waals surface area (Å²) in [6.07, 6.45) is 2.83. The number of rotatable bonds is 8. The number of imide groups is 2. The number of nitrogens with one attached hydrogen (secondary N) is 1. The minimum Gasteiger partial charge on any atom is -0.507 e. The number of phenols is 1. The zero-order valence-electron chi connectivity index (χ0n) is 27.1. The van der Waals surface area contributed by atoms with E-state index in [1.54, 1.807) is 30.3 Å². The molecular weight excluding hydrogens is 653 g/mol. The highest BCUT2D eigenvalue weighted by Gasteiger charge is 2.71. The second kappa shape index (κ2) is 12.2. The number of hydrogen-bond donors (Lipinski definition) is 2. The van der Waals surface area contributed by atoms with Crippen molar-refractivity contribution in [3.63, 3.8) is 0 Å². The molecule has 2 saturated heterocycles. The molecule has 1 saturated carbocycles. The number of halogens is 2. The van der Waals surface area contributed by atoms with Crippen LogP contribution in [-0.2, 0) is 24.6 Å². The molecule has 0 radical (unpaired) electrons. The third-order valence-electron chi connectivity index (χ3n) is 10.6. The summed E-state index contributed by atoms with van der Waals surface area (Å²) in [5.74, 6) is -5.98. The van der Waals surface area contributed by atoms with E-state index in [9.17, 15) is 23.9 Å². The minimum absolute atomic E-state index is 0.0799. The second-order valence-electron chi connectivity index (χ2n) is 13.0. The third kappa shape index (κ3) is 4.80. The molecule has 3 fully saturated rings. The first-order chi connectivity index (χ1) is 23.6. The number of amides is 4. The molecule has 0 bridgehead atoms. The molecule has 0 spiro atoms. The number of aromatic hydroxyl groups is 1. The summed E-state index contributed by atoms with van der Waals surface area (Å²) < 4.78 is 25.1. The molecule has 3 aromatic carbocycles. The Kier molecular flexibility index (Phi) is 8.13. The van der Waals surface area contributed by atoms with Crippen molar-refractivity contribution in [2.75, 3.05) is 26.2 Å². The van der Waals surface area contributed by atoms with Gasteiger partial charge in [0.05, 0.1) is 43.1 Å². The van der Waals surface area contributed by atoms with Crippen LogP contribution in [0.5, 0.6) is 17.2 Å². The van der Waals surface area contributed by atoms with E-state index < -0.39 is 52.6 Å². The largest absolute Gasteiger partial charge is 0.507 e. The smallest absolute Gasteiger partial charge is 0.260 e. The van der Waals surface area contributed by atoms with Crippen molar-refractivity contribution >= 4 is 40.9 Å². The fourth-order valence-electron chi connectivity index (χ4n) is 8.64. The van der Waals surface area contributed by atoms with Gasteiger partial charge in [-0.2, -0.15) is 5.01 Å². The Hall–Kier alpha value is -4.90. The summed E-state index contributed by atoms with van der Waals surface area (Å²) in [7, 11) is 2.88. The summed E-state index contributed by atoms with van der Waals surface area (Å²) >= 11 is 6.34. The molecular formula is C37H35ClFN3O7. The van der Waals surface area contributed by atoms with Gasteiger partial charge in [0, 0.05) is 35.2 Å². The average Bonchev–Trinajstić information content (AvgIpc) is 3.46. The van der Waals surface area contributed by atoms with Gasteiger partial charge in [-0.05, 0) is 67.1 Å². The maximum absolute atomic E-state index is 15.2. The molecule has 12 heteroatoms. The lowest BCUT2D eigenvalue weighted by Crippen LogP contribution is -2.53. The molecule has 6 atom stereocenters. The third-order valence-corrected chi connectivity index (χ3v) is 10.9. The molecule has 2 aliphatic carbocycles. The average molecular weight is 688 g/mol. The van der Waals surface area contributed by atoms with Gasteiger partial charge >= 0.3 is 0 Å². The zero-order valence-corrected chi connectivity index (χ0v) is 27.9. The molecule has 4 aliphatic rings. The van der Waals surface area contributed by atoms with E-state index in [0.717, 1.165) is 5.01 Å². The van der Waals surface area contributed by atoms with Gasteiger partial charge in [-0.1, -0.05) is 42.3 Å². The molecule has 49 heavy (non-hydrogen) atoms. The van der Waals surface area contributed by atoms with Gasteiger partial charge in [0.1, 0.15) is 23.1 Å². The molecule has 0 unspecified atom stereocenters. The monoisotopic (exact) mass is 687 g/mol. The van der Waals surface area contributed by atoms with Crippen molar-refractivity contribution < 1.29 is 38.1 Å². The van der Waals surface area contributed by atoms with Gasteiger partial charge in [0.15, 0.2) is 0 Å². The summed E-state index contributed by atoms with van der Waals surface area (Å²) in [6, 6.07) is 14.9. The van der Waals surface area contributed by atoms with E-state index in [2.05, 4.69) is 5.43 Å². The van der Waals surface area contributed by atoms with Crippen molar-refractivity contribution in [2.24, 2.45) is 23.7 Å². The maximum Gasteiger partial charge on any atom is 0.260 e. The Morgan fingerprint density at radius 1 is 0.959 bits per heavy atom. The maximum atomic E-state index is 15.2. The lowest BCUT2D eigenvalue weighted by molar-refractivity contribution is -0.141. The van der Waals surface area contributed by atoms with Crippen LogP contribution in [0.25, 0.3) is 0 Å². The highest BCUT2D eigenvalue weighted by molar-refractivity contribution is 6.30. The highest BCUT2D eigenvalue weighted by atomic mass is 35.5. The predicted octanol–water partition coefficient (Wildman–Crippen LogP) is 5.60. The summed E-state index contributed by atoms with van der Waals surface area (Å²) in [5, 5.41) is 13.1. The number of hydrazine groups is 1. The molecule has 7 rings (SSSR count). The molecule has 10 nitrogen and oxygen atoms in total. The number of likely N-dealkylation sites (tertiary alicyclic amines) is 1. The molecule has 2 heterocycles. The van der Waals surface area contributed by atoms with E-state index in [0.29, 0.717) is 34.0 Å². The second-order valence-corrected chi connectivity index (χ2v) is 13.4. The van der Waals surface area contributed by atoms with Crippen molar-refractivity contribution in [1.82, 2.24) is 9.91 Å². The van der Waals surface area contributed by atoms with Crippen LogP contribution in [0, 0.1) is 29.5 Å². The lowest BCUT2D eigenvalue weighted by atomic mass is 9.49. The van der Waals surface area contributed by atoms with E-state index in [1.807, 2.05) is 13.0 Å². The first kappa shape index (κ1) is 32.6. The summed E-state index contributed by atoms with van der Waals surface area (Å²) in [5.41, 5.74) is 2.91. The van der Waals surface area contributed by atoms with Gasteiger partial charge in [-0.15, -0.1) is 0 Å². The molecule has 4 amide bonds. The number of methoxy groups -OCH3 is 2. The normalized spacial score (nSPS) is 27.4. The van der Waals surface area contributed by atoms with Crippen LogP contribution in [0.15, 0.2) is 72.3 Å². The molecule has 254 valence electrons. The number of phenolic OH excluding ortho intramolecular Hbond substituents is 1. The van der Waals surface area contributed by atoms with Gasteiger partial charge in [-0.3, -0.25) is 29.5 Å². The lowest BCUT2D eigenvalue weighted by Gasteiger charge is -2.50. The molecule has 3 aromatic rings. The minimum atomic E-state index is -1.67. The van der Waals surface area contributed by atoms with Crippen LogP contribution in [0.4, 0.5) is 10.1 Å². The number of carbonyl (C=O) groups is 4. The Labute approximate surface area is 287 Å². The van der Waals surface area contributed by atoms with Crippen LogP contribution < -0.4 is 14.9 Å². The topological polar surface area (TPSA) is 125 Å². The summed E-state index contributed by atoms with van der Waals surface area (Å²) in [6.45, 7) is 2.18. The number of allylic oxidation sites excluding steroid dienone is 2. The van der Waals surface area contributed by atoms with Crippen molar-refractivity contribution in [3.05, 3.63) is 94.3 Å². The van der Waals surface area contributed by atoms with E-state index in [1.165, 1.54) is 49.5 Å². The van der Waals surface area contributed by atoms with Crippen LogP contribution in [0.2, 0.25) is 5.02 Å². The van der Waals surface area contributed by atoms with E-state index in [4.69, 9.17) is 21.1 Å². The van der Waals surface area contributed by atoms with Crippen LogP contribution in [-0.4, -0.2) is 59.4 Å². The molecule has 2 N–H and O–H groups in total. The number of anilines is 1. The fraction of sp³-hybridized carbons (Fsp3) is 0.351. The van der Waals surface area contributed by atoms with Crippen LogP contribution in [0.3, 0.4) is 0 Å². The SMILES string of the molecule is CCCN1C(=O)[C@H]2[C@H](CC=C3[C@H]2C[C@H]2C(=O)N(Nc4ccc(F)cc4)C(=O)[C@@]2(c2ccc(Cl)cc2)[C@H]3c2c(O)cc(OC)cc2OC)C1=O. The first-order valence-electron chi connectivity index (χ1n) is 16.2. The Bertz CT molecular complexity index is 1900. The van der Waals surface area contributed by atoms with Crippen molar-refractivity contribution in [3.8, 4) is 17.2 Å².